The molecule has 4 N–H and O–H groups in total. The third kappa shape index (κ3) is 1.25. The maximum atomic E-state index is 5.44. The summed E-state index contributed by atoms with van der Waals surface area (Å²) in [6.45, 7) is 1.88. The van der Waals surface area contributed by atoms with Crippen molar-refractivity contribution < 1.29 is 0 Å². The number of hydrogen-bond donors (Lipinski definition) is 3. The maximum Gasteiger partial charge on any atom is 0.222 e. The highest BCUT2D eigenvalue weighted by atomic mass is 15.1. The molecule has 0 bridgehead atoms. The van der Waals surface area contributed by atoms with Crippen molar-refractivity contribution in [3.05, 3.63) is 6.20 Å². The van der Waals surface area contributed by atoms with Crippen LogP contribution in [0.5, 0.6) is 0 Å². The number of hydrogen-bond acceptors (Lipinski definition) is 5. The highest BCUT2D eigenvalue weighted by Crippen LogP contribution is 2.20. The van der Waals surface area contributed by atoms with Gasteiger partial charge in [0.25, 0.3) is 0 Å². The summed E-state index contributed by atoms with van der Waals surface area (Å²) in [6, 6.07) is 0. The molecule has 64 valence electrons. The largest absolute Gasteiger partial charge is 0.381 e. The SMILES string of the molecule is Nc1ncc2c(n1)NCCCN2. The Bertz CT molecular complexity index is 285. The maximum absolute atomic E-state index is 5.44. The van der Waals surface area contributed by atoms with Crippen LogP contribution < -0.4 is 16.4 Å². The van der Waals surface area contributed by atoms with Crippen LogP contribution in [0.4, 0.5) is 17.5 Å². The van der Waals surface area contributed by atoms with E-state index in [1.165, 1.54) is 0 Å². The number of fused-ring (bicyclic) bond motifs is 1. The molecule has 1 aromatic heterocycles. The highest BCUT2D eigenvalue weighted by Gasteiger charge is 2.07. The lowest BCUT2D eigenvalue weighted by Gasteiger charge is -2.05. The summed E-state index contributed by atoms with van der Waals surface area (Å²) in [4.78, 5) is 7.97. The third-order valence-corrected chi connectivity index (χ3v) is 1.77. The number of nitrogens with zero attached hydrogens (tertiary/aromatic N) is 2. The molecule has 2 rings (SSSR count). The van der Waals surface area contributed by atoms with Gasteiger partial charge in [0.1, 0.15) is 0 Å². The van der Waals surface area contributed by atoms with E-state index < -0.39 is 0 Å². The van der Waals surface area contributed by atoms with Crippen LogP contribution in [-0.4, -0.2) is 23.1 Å². The van der Waals surface area contributed by atoms with E-state index in [4.69, 9.17) is 5.73 Å². The molecule has 5 heteroatoms. The second kappa shape index (κ2) is 2.84. The zero-order valence-electron chi connectivity index (χ0n) is 6.67. The van der Waals surface area contributed by atoms with E-state index in [1.54, 1.807) is 6.20 Å². The van der Waals surface area contributed by atoms with Crippen LogP contribution in [-0.2, 0) is 0 Å². The molecule has 1 aromatic rings. The standard InChI is InChI=1S/C7H11N5/c8-7-11-4-5-6(12-7)10-3-1-2-9-5/h4,9H,1-3H2,(H3,8,10,11,12). The molecule has 0 amide bonds. The topological polar surface area (TPSA) is 75.9 Å². The van der Waals surface area contributed by atoms with Gasteiger partial charge in [0.05, 0.1) is 11.9 Å². The second-order valence-corrected chi connectivity index (χ2v) is 2.70. The molecule has 0 radical (unpaired) electrons. The van der Waals surface area contributed by atoms with Crippen LogP contribution in [0.3, 0.4) is 0 Å². The van der Waals surface area contributed by atoms with Gasteiger partial charge in [0.2, 0.25) is 5.95 Å². The summed E-state index contributed by atoms with van der Waals surface area (Å²) in [6.07, 6.45) is 2.78. The van der Waals surface area contributed by atoms with Gasteiger partial charge in [-0.1, -0.05) is 0 Å². The molecule has 0 unspecified atom stereocenters. The number of nitrogen functional groups attached to an aromatic ring is 1. The average Bonchev–Trinajstić information content (AvgIpc) is 2.28. The first-order valence-electron chi connectivity index (χ1n) is 3.96. The molecule has 1 aliphatic rings. The lowest BCUT2D eigenvalue weighted by Crippen LogP contribution is -2.03. The number of anilines is 3. The van der Waals surface area contributed by atoms with Crippen molar-refractivity contribution in [3.8, 4) is 0 Å². The van der Waals surface area contributed by atoms with Crippen molar-refractivity contribution in [3.63, 3.8) is 0 Å². The van der Waals surface area contributed by atoms with Crippen LogP contribution in [0, 0.1) is 0 Å². The Morgan fingerprint density at radius 1 is 1.33 bits per heavy atom. The summed E-state index contributed by atoms with van der Waals surface area (Å²) < 4.78 is 0. The minimum absolute atomic E-state index is 0.310. The number of aromatic nitrogens is 2. The van der Waals surface area contributed by atoms with Crippen LogP contribution in [0.15, 0.2) is 6.20 Å². The van der Waals surface area contributed by atoms with Gasteiger partial charge in [-0.05, 0) is 6.42 Å². The van der Waals surface area contributed by atoms with Gasteiger partial charge in [-0.2, -0.15) is 4.98 Å². The molecule has 0 atom stereocenters. The molecular formula is C7H11N5. The number of rotatable bonds is 0. The van der Waals surface area contributed by atoms with E-state index in [1.807, 2.05) is 0 Å². The van der Waals surface area contributed by atoms with Gasteiger partial charge < -0.3 is 16.4 Å². The van der Waals surface area contributed by atoms with Crippen molar-refractivity contribution >= 4 is 17.5 Å². The Balaban J connectivity index is 2.36. The molecule has 1 aliphatic heterocycles. The van der Waals surface area contributed by atoms with Gasteiger partial charge >= 0.3 is 0 Å². The fraction of sp³-hybridized carbons (Fsp3) is 0.429. The van der Waals surface area contributed by atoms with Crippen molar-refractivity contribution in [2.75, 3.05) is 29.5 Å². The molecule has 5 nitrogen and oxygen atoms in total. The lowest BCUT2D eigenvalue weighted by atomic mass is 10.4. The van der Waals surface area contributed by atoms with Crippen molar-refractivity contribution in [2.45, 2.75) is 6.42 Å². The zero-order valence-corrected chi connectivity index (χ0v) is 6.67. The second-order valence-electron chi connectivity index (χ2n) is 2.70. The monoisotopic (exact) mass is 165 g/mol. The summed E-state index contributed by atoms with van der Waals surface area (Å²) in [7, 11) is 0. The molecule has 0 aliphatic carbocycles. The fourth-order valence-electron chi connectivity index (χ4n) is 1.18. The predicted molar refractivity (Wildman–Crippen MR) is 48.0 cm³/mol. The molecule has 0 fully saturated rings. The normalized spacial score (nSPS) is 15.3. The van der Waals surface area contributed by atoms with Gasteiger partial charge in [0, 0.05) is 13.1 Å². The van der Waals surface area contributed by atoms with Crippen LogP contribution in [0.2, 0.25) is 0 Å². The highest BCUT2D eigenvalue weighted by molar-refractivity contribution is 5.65. The Morgan fingerprint density at radius 3 is 3.08 bits per heavy atom. The van der Waals surface area contributed by atoms with E-state index in [0.717, 1.165) is 31.0 Å². The summed E-state index contributed by atoms with van der Waals surface area (Å²) in [5.74, 6) is 1.12. The van der Waals surface area contributed by atoms with Gasteiger partial charge in [0.15, 0.2) is 5.82 Å². The minimum atomic E-state index is 0.310. The molecule has 0 saturated carbocycles. The minimum Gasteiger partial charge on any atom is -0.381 e. The zero-order chi connectivity index (χ0) is 8.39. The Kier molecular flexibility index (Phi) is 1.69. The summed E-state index contributed by atoms with van der Waals surface area (Å²) in [5, 5.41) is 6.38. The van der Waals surface area contributed by atoms with Gasteiger partial charge in [-0.3, -0.25) is 0 Å². The quantitative estimate of drug-likeness (QED) is 0.515. The Hall–Kier alpha value is -1.52. The number of nitrogens with one attached hydrogen (secondary N) is 2. The molecule has 0 aromatic carbocycles. The van der Waals surface area contributed by atoms with Crippen molar-refractivity contribution in [1.82, 2.24) is 9.97 Å². The van der Waals surface area contributed by atoms with Crippen LogP contribution in [0.25, 0.3) is 0 Å². The molecule has 2 heterocycles. The lowest BCUT2D eigenvalue weighted by molar-refractivity contribution is 0.926. The van der Waals surface area contributed by atoms with Crippen molar-refractivity contribution in [2.24, 2.45) is 0 Å². The smallest absolute Gasteiger partial charge is 0.222 e. The molecule has 12 heavy (non-hydrogen) atoms. The first kappa shape index (κ1) is 7.15. The van der Waals surface area contributed by atoms with Crippen LogP contribution >= 0.6 is 0 Å². The van der Waals surface area contributed by atoms with E-state index in [9.17, 15) is 0 Å². The van der Waals surface area contributed by atoms with E-state index in [2.05, 4.69) is 20.6 Å². The Morgan fingerprint density at radius 2 is 2.17 bits per heavy atom. The number of nitrogens with two attached hydrogens (primary N) is 1. The summed E-state index contributed by atoms with van der Waals surface area (Å²) >= 11 is 0. The van der Waals surface area contributed by atoms with Crippen LogP contribution in [0.1, 0.15) is 6.42 Å². The molecule has 0 spiro atoms. The predicted octanol–water partition coefficient (Wildman–Crippen LogP) is 0.286. The molecule has 0 saturated heterocycles. The average molecular weight is 165 g/mol. The Labute approximate surface area is 70.4 Å². The summed E-state index contributed by atoms with van der Waals surface area (Å²) in [5.41, 5.74) is 6.38. The fourth-order valence-corrected chi connectivity index (χ4v) is 1.18. The third-order valence-electron chi connectivity index (χ3n) is 1.77. The van der Waals surface area contributed by atoms with Gasteiger partial charge in [-0.15, -0.1) is 0 Å². The van der Waals surface area contributed by atoms with E-state index in [0.29, 0.717) is 5.95 Å². The van der Waals surface area contributed by atoms with E-state index in [-0.39, 0.29) is 0 Å². The van der Waals surface area contributed by atoms with E-state index >= 15 is 0 Å². The van der Waals surface area contributed by atoms with Gasteiger partial charge in [-0.25, -0.2) is 4.98 Å². The van der Waals surface area contributed by atoms with Crippen molar-refractivity contribution in [1.29, 1.82) is 0 Å². The first-order chi connectivity index (χ1) is 5.86. The first-order valence-corrected chi connectivity index (χ1v) is 3.96. The molecular weight excluding hydrogens is 154 g/mol.